The first-order valence-corrected chi connectivity index (χ1v) is 7.93. The third-order valence-corrected chi connectivity index (χ3v) is 6.32. The highest BCUT2D eigenvalue weighted by Crippen LogP contribution is 2.73. The molecule has 22 heavy (non-hydrogen) atoms. The zero-order chi connectivity index (χ0) is 15.2. The summed E-state index contributed by atoms with van der Waals surface area (Å²) in [6.07, 6.45) is 6.46. The van der Waals surface area contributed by atoms with Crippen molar-refractivity contribution < 1.29 is 14.0 Å². The number of allylic oxidation sites excluding steroid dienone is 2. The first kappa shape index (κ1) is 12.8. The number of fused-ring (bicyclic) bond motifs is 3. The van der Waals surface area contributed by atoms with E-state index in [4.69, 9.17) is 11.6 Å². The van der Waals surface area contributed by atoms with Gasteiger partial charge < -0.3 is 0 Å². The topological polar surface area (TPSA) is 37.4 Å². The Kier molecular flexibility index (Phi) is 2.21. The molecule has 4 unspecified atom stereocenters. The molecule has 1 spiro atoms. The average molecular weight is 318 g/mol. The third-order valence-electron chi connectivity index (χ3n) is 6.01. The van der Waals surface area contributed by atoms with E-state index >= 15 is 0 Å². The normalized spacial score (nSPS) is 36.5. The zero-order valence-corrected chi connectivity index (χ0v) is 12.4. The summed E-state index contributed by atoms with van der Waals surface area (Å²) in [5.74, 6) is -1.13. The molecule has 1 aliphatic heterocycles. The van der Waals surface area contributed by atoms with Crippen molar-refractivity contribution in [3.8, 4) is 0 Å². The Labute approximate surface area is 131 Å². The molecule has 2 bridgehead atoms. The van der Waals surface area contributed by atoms with E-state index in [1.54, 1.807) is 0 Å². The molecule has 0 radical (unpaired) electrons. The van der Waals surface area contributed by atoms with Gasteiger partial charge in [0.05, 0.1) is 22.5 Å². The van der Waals surface area contributed by atoms with Crippen LogP contribution in [0.4, 0.5) is 10.1 Å². The fraction of sp³-hybridized carbons (Fsp3) is 0.412. The zero-order valence-electron chi connectivity index (χ0n) is 11.6. The minimum absolute atomic E-state index is 0.0123. The van der Waals surface area contributed by atoms with Gasteiger partial charge in [-0.25, -0.2) is 9.29 Å². The van der Waals surface area contributed by atoms with Crippen molar-refractivity contribution in [3.63, 3.8) is 0 Å². The molecule has 5 heteroatoms. The van der Waals surface area contributed by atoms with Crippen LogP contribution in [-0.4, -0.2) is 11.8 Å². The molecule has 3 fully saturated rings. The molecule has 4 aliphatic rings. The van der Waals surface area contributed by atoms with E-state index in [-0.39, 0.29) is 51.6 Å². The van der Waals surface area contributed by atoms with Crippen LogP contribution in [0, 0.1) is 34.9 Å². The number of carbonyl (C=O) groups excluding carboxylic acids is 2. The lowest BCUT2D eigenvalue weighted by atomic mass is 9.85. The van der Waals surface area contributed by atoms with Gasteiger partial charge in [-0.3, -0.25) is 9.59 Å². The highest BCUT2D eigenvalue weighted by molar-refractivity contribution is 6.31. The van der Waals surface area contributed by atoms with Gasteiger partial charge in [0.25, 0.3) is 0 Å². The van der Waals surface area contributed by atoms with Gasteiger partial charge in [-0.2, -0.15) is 0 Å². The van der Waals surface area contributed by atoms with E-state index in [9.17, 15) is 14.0 Å². The number of anilines is 1. The van der Waals surface area contributed by atoms with Gasteiger partial charge in [0.2, 0.25) is 11.8 Å². The predicted molar refractivity (Wildman–Crippen MR) is 78.7 cm³/mol. The molecular weight excluding hydrogens is 305 g/mol. The number of benzene rings is 1. The molecular formula is C17H13ClFNO2. The number of amides is 2. The number of halogens is 2. The standard InChI is InChI=1S/C17H13ClFNO2/c18-11-4-1-8(7-12(11)19)20-15(21)13-9-2-3-10(14(13)16(20)22)17(9)5-6-17/h1-4,7,9-10,13-14H,5-6H2. The molecule has 0 N–H and O–H groups in total. The van der Waals surface area contributed by atoms with Crippen LogP contribution < -0.4 is 4.90 Å². The van der Waals surface area contributed by atoms with Gasteiger partial charge in [-0.15, -0.1) is 0 Å². The van der Waals surface area contributed by atoms with Crippen molar-refractivity contribution in [2.75, 3.05) is 4.90 Å². The number of hydrogen-bond donors (Lipinski definition) is 0. The van der Waals surface area contributed by atoms with E-state index in [1.807, 2.05) is 0 Å². The van der Waals surface area contributed by atoms with E-state index < -0.39 is 5.82 Å². The Morgan fingerprint density at radius 2 is 1.68 bits per heavy atom. The molecule has 112 valence electrons. The Morgan fingerprint density at radius 1 is 1.09 bits per heavy atom. The SMILES string of the molecule is O=C1C2C(C(=O)N1c1ccc(Cl)c(F)c1)C1C=CC2C12CC2. The summed E-state index contributed by atoms with van der Waals surface area (Å²) in [6.45, 7) is 0. The van der Waals surface area contributed by atoms with Crippen molar-refractivity contribution in [2.45, 2.75) is 12.8 Å². The second-order valence-corrected chi connectivity index (χ2v) is 7.24. The highest BCUT2D eigenvalue weighted by Gasteiger charge is 2.73. The molecule has 2 amide bonds. The number of imide groups is 1. The Bertz CT molecular complexity index is 736. The maximum absolute atomic E-state index is 13.7. The summed E-state index contributed by atoms with van der Waals surface area (Å²) in [5.41, 5.74) is 0.466. The summed E-state index contributed by atoms with van der Waals surface area (Å²) in [7, 11) is 0. The van der Waals surface area contributed by atoms with Gasteiger partial charge in [-0.05, 0) is 48.3 Å². The minimum atomic E-state index is -0.614. The van der Waals surface area contributed by atoms with Crippen molar-refractivity contribution >= 4 is 29.1 Å². The maximum Gasteiger partial charge on any atom is 0.238 e. The van der Waals surface area contributed by atoms with Gasteiger partial charge in [0.15, 0.2) is 0 Å². The van der Waals surface area contributed by atoms with Crippen molar-refractivity contribution in [1.82, 2.24) is 0 Å². The molecule has 1 aromatic carbocycles. The van der Waals surface area contributed by atoms with Gasteiger partial charge in [0.1, 0.15) is 5.82 Å². The van der Waals surface area contributed by atoms with E-state index in [2.05, 4.69) is 12.2 Å². The number of nitrogens with zero attached hydrogens (tertiary/aromatic N) is 1. The number of carbonyl (C=O) groups is 2. The van der Waals surface area contributed by atoms with Crippen LogP contribution in [0.25, 0.3) is 0 Å². The Morgan fingerprint density at radius 3 is 2.18 bits per heavy atom. The molecule has 1 aromatic rings. The average Bonchev–Trinajstić information content (AvgIpc) is 3.08. The summed E-state index contributed by atoms with van der Waals surface area (Å²) in [6, 6.07) is 4.09. The molecule has 3 aliphatic carbocycles. The molecule has 1 heterocycles. The molecule has 4 atom stereocenters. The monoisotopic (exact) mass is 317 g/mol. The molecule has 1 saturated heterocycles. The van der Waals surface area contributed by atoms with Crippen LogP contribution in [0.3, 0.4) is 0 Å². The Balaban J connectivity index is 1.57. The van der Waals surface area contributed by atoms with Crippen molar-refractivity contribution in [2.24, 2.45) is 29.1 Å². The van der Waals surface area contributed by atoms with Crippen LogP contribution in [0.1, 0.15) is 12.8 Å². The molecule has 3 nitrogen and oxygen atoms in total. The van der Waals surface area contributed by atoms with Gasteiger partial charge >= 0.3 is 0 Å². The third kappa shape index (κ3) is 1.29. The number of rotatable bonds is 1. The van der Waals surface area contributed by atoms with Crippen molar-refractivity contribution in [1.29, 1.82) is 0 Å². The fourth-order valence-electron chi connectivity index (χ4n) is 4.96. The van der Waals surface area contributed by atoms with Crippen LogP contribution in [0.15, 0.2) is 30.4 Å². The Hall–Kier alpha value is -1.68. The molecule has 2 saturated carbocycles. The van der Waals surface area contributed by atoms with Crippen LogP contribution in [0.5, 0.6) is 0 Å². The lowest BCUT2D eigenvalue weighted by Gasteiger charge is -2.21. The van der Waals surface area contributed by atoms with Crippen molar-refractivity contribution in [3.05, 3.63) is 41.2 Å². The summed E-state index contributed by atoms with van der Waals surface area (Å²) in [5, 5.41) is -0.0123. The van der Waals surface area contributed by atoms with E-state index in [0.29, 0.717) is 0 Å². The van der Waals surface area contributed by atoms with E-state index in [1.165, 1.54) is 18.2 Å². The first-order chi connectivity index (χ1) is 10.5. The van der Waals surface area contributed by atoms with Crippen LogP contribution >= 0.6 is 11.6 Å². The smallest absolute Gasteiger partial charge is 0.238 e. The predicted octanol–water partition coefficient (Wildman–Crippen LogP) is 3.18. The molecule has 0 aromatic heterocycles. The van der Waals surface area contributed by atoms with Crippen LogP contribution in [-0.2, 0) is 9.59 Å². The molecule has 5 rings (SSSR count). The lowest BCUT2D eigenvalue weighted by Crippen LogP contribution is -2.34. The highest BCUT2D eigenvalue weighted by atomic mass is 35.5. The summed E-state index contributed by atoms with van der Waals surface area (Å²) < 4.78 is 13.7. The second-order valence-electron chi connectivity index (χ2n) is 6.83. The maximum atomic E-state index is 13.7. The van der Waals surface area contributed by atoms with Gasteiger partial charge in [-0.1, -0.05) is 23.8 Å². The first-order valence-electron chi connectivity index (χ1n) is 7.56. The van der Waals surface area contributed by atoms with E-state index in [0.717, 1.165) is 17.7 Å². The number of hydrogen-bond acceptors (Lipinski definition) is 2. The lowest BCUT2D eigenvalue weighted by molar-refractivity contribution is -0.123. The largest absolute Gasteiger partial charge is 0.274 e. The summed E-state index contributed by atoms with van der Waals surface area (Å²) in [4.78, 5) is 26.8. The van der Waals surface area contributed by atoms with Gasteiger partial charge in [0, 0.05) is 0 Å². The summed E-state index contributed by atoms with van der Waals surface area (Å²) >= 11 is 5.68. The minimum Gasteiger partial charge on any atom is -0.274 e. The fourth-order valence-corrected chi connectivity index (χ4v) is 5.07. The quantitative estimate of drug-likeness (QED) is 0.589. The second kappa shape index (κ2) is 3.80. The van der Waals surface area contributed by atoms with Crippen LogP contribution in [0.2, 0.25) is 5.02 Å².